The monoisotopic (exact) mass is 243 g/mol. The topological polar surface area (TPSA) is 49.9 Å². The number of aromatic amines is 1. The highest BCUT2D eigenvalue weighted by Gasteiger charge is 2.02. The Labute approximate surface area is 102 Å². The molecule has 0 atom stereocenters. The summed E-state index contributed by atoms with van der Waals surface area (Å²) in [6.07, 6.45) is 1.90. The zero-order chi connectivity index (χ0) is 11.8. The minimum Gasteiger partial charge on any atom is -0.383 e. The minimum absolute atomic E-state index is 0.647. The first-order valence-electron chi connectivity index (χ1n) is 5.56. The van der Waals surface area contributed by atoms with Crippen LogP contribution >= 0.6 is 11.8 Å². The summed E-state index contributed by atoms with van der Waals surface area (Å²) < 4.78 is 4.96. The molecule has 0 spiro atoms. The first-order chi connectivity index (χ1) is 7.72. The third kappa shape index (κ3) is 5.53. The Morgan fingerprint density at radius 3 is 3.06 bits per heavy atom. The maximum atomic E-state index is 4.96. The molecule has 1 heterocycles. The zero-order valence-corrected chi connectivity index (χ0v) is 11.1. The Bertz CT molecular complexity index is 289. The summed E-state index contributed by atoms with van der Waals surface area (Å²) in [6, 6.07) is 0. The highest BCUT2D eigenvalue weighted by atomic mass is 32.2. The molecule has 0 saturated heterocycles. The van der Waals surface area contributed by atoms with Crippen molar-refractivity contribution in [2.24, 2.45) is 0 Å². The molecular weight excluding hydrogens is 222 g/mol. The molecule has 2 N–H and O–H groups in total. The van der Waals surface area contributed by atoms with Gasteiger partial charge < -0.3 is 15.0 Å². The molecule has 0 saturated carbocycles. The maximum Gasteiger partial charge on any atom is 0.116 e. The highest BCUT2D eigenvalue weighted by Crippen LogP contribution is 2.14. The van der Waals surface area contributed by atoms with Crippen LogP contribution in [0.2, 0.25) is 0 Å². The van der Waals surface area contributed by atoms with Crippen LogP contribution < -0.4 is 5.32 Å². The quantitative estimate of drug-likeness (QED) is 0.683. The molecule has 0 aromatic carbocycles. The van der Waals surface area contributed by atoms with Crippen LogP contribution in [0, 0.1) is 0 Å². The van der Waals surface area contributed by atoms with E-state index in [9.17, 15) is 0 Å². The Hall–Kier alpha value is -0.520. The SMILES string of the molecule is COCCNCc1cnc(CSC(C)C)[nH]1. The molecule has 1 aromatic heterocycles. The lowest BCUT2D eigenvalue weighted by atomic mass is 10.4. The lowest BCUT2D eigenvalue weighted by Gasteiger charge is -2.02. The normalized spacial score (nSPS) is 11.2. The molecule has 0 bridgehead atoms. The van der Waals surface area contributed by atoms with E-state index in [0.717, 1.165) is 37.0 Å². The van der Waals surface area contributed by atoms with Gasteiger partial charge in [0.1, 0.15) is 5.82 Å². The van der Waals surface area contributed by atoms with E-state index < -0.39 is 0 Å². The summed E-state index contributed by atoms with van der Waals surface area (Å²) in [4.78, 5) is 7.65. The number of imidazole rings is 1. The Morgan fingerprint density at radius 2 is 2.38 bits per heavy atom. The Kier molecular flexibility index (Phi) is 6.52. The predicted molar refractivity (Wildman–Crippen MR) is 68.6 cm³/mol. The average Bonchev–Trinajstić information content (AvgIpc) is 2.70. The standard InChI is InChI=1S/C11H21N3OS/c1-9(2)16-8-11-13-7-10(14-11)6-12-4-5-15-3/h7,9,12H,4-6,8H2,1-3H3,(H,13,14). The van der Waals surface area contributed by atoms with Gasteiger partial charge in [-0.2, -0.15) is 11.8 Å². The van der Waals surface area contributed by atoms with Crippen molar-refractivity contribution in [1.82, 2.24) is 15.3 Å². The number of methoxy groups -OCH3 is 1. The fourth-order valence-electron chi connectivity index (χ4n) is 1.21. The highest BCUT2D eigenvalue weighted by molar-refractivity contribution is 7.99. The number of H-pyrrole nitrogens is 1. The molecule has 0 aliphatic rings. The molecule has 1 rings (SSSR count). The van der Waals surface area contributed by atoms with Gasteiger partial charge in [-0.15, -0.1) is 0 Å². The van der Waals surface area contributed by atoms with Crippen molar-refractivity contribution in [2.75, 3.05) is 20.3 Å². The first kappa shape index (κ1) is 13.5. The van der Waals surface area contributed by atoms with Crippen molar-refractivity contribution in [2.45, 2.75) is 31.4 Å². The van der Waals surface area contributed by atoms with Gasteiger partial charge in [-0.1, -0.05) is 13.8 Å². The van der Waals surface area contributed by atoms with Gasteiger partial charge in [0.05, 0.1) is 12.4 Å². The Morgan fingerprint density at radius 1 is 1.56 bits per heavy atom. The number of nitrogens with zero attached hydrogens (tertiary/aromatic N) is 1. The van der Waals surface area contributed by atoms with Crippen LogP contribution in [0.1, 0.15) is 25.4 Å². The summed E-state index contributed by atoms with van der Waals surface area (Å²) in [6.45, 7) is 6.82. The van der Waals surface area contributed by atoms with E-state index in [1.807, 2.05) is 18.0 Å². The van der Waals surface area contributed by atoms with E-state index in [2.05, 4.69) is 29.1 Å². The van der Waals surface area contributed by atoms with Gasteiger partial charge in [0.2, 0.25) is 0 Å². The van der Waals surface area contributed by atoms with Crippen LogP contribution in [-0.2, 0) is 17.0 Å². The second-order valence-corrected chi connectivity index (χ2v) is 5.45. The number of aromatic nitrogens is 2. The van der Waals surface area contributed by atoms with Crippen molar-refractivity contribution >= 4 is 11.8 Å². The van der Waals surface area contributed by atoms with Crippen LogP contribution in [0.15, 0.2) is 6.20 Å². The minimum atomic E-state index is 0.647. The van der Waals surface area contributed by atoms with Crippen LogP contribution in [0.4, 0.5) is 0 Å². The van der Waals surface area contributed by atoms with Crippen molar-refractivity contribution in [3.05, 3.63) is 17.7 Å². The molecule has 0 fully saturated rings. The van der Waals surface area contributed by atoms with Gasteiger partial charge in [-0.3, -0.25) is 0 Å². The van der Waals surface area contributed by atoms with Gasteiger partial charge >= 0.3 is 0 Å². The smallest absolute Gasteiger partial charge is 0.116 e. The summed E-state index contributed by atoms with van der Waals surface area (Å²) in [5, 5.41) is 3.92. The number of hydrogen-bond acceptors (Lipinski definition) is 4. The lowest BCUT2D eigenvalue weighted by Crippen LogP contribution is -2.18. The van der Waals surface area contributed by atoms with E-state index in [0.29, 0.717) is 5.25 Å². The summed E-state index contributed by atoms with van der Waals surface area (Å²) in [7, 11) is 1.71. The molecule has 16 heavy (non-hydrogen) atoms. The number of ether oxygens (including phenoxy) is 1. The van der Waals surface area contributed by atoms with Crippen molar-refractivity contribution < 1.29 is 4.74 Å². The van der Waals surface area contributed by atoms with E-state index in [1.165, 1.54) is 0 Å². The summed E-state index contributed by atoms with van der Waals surface area (Å²) >= 11 is 1.90. The van der Waals surface area contributed by atoms with Crippen LogP contribution in [0.25, 0.3) is 0 Å². The van der Waals surface area contributed by atoms with E-state index in [-0.39, 0.29) is 0 Å². The van der Waals surface area contributed by atoms with Crippen LogP contribution in [0.5, 0.6) is 0 Å². The van der Waals surface area contributed by atoms with Gasteiger partial charge in [0, 0.05) is 32.1 Å². The predicted octanol–water partition coefficient (Wildman–Crippen LogP) is 1.79. The van der Waals surface area contributed by atoms with Crippen molar-refractivity contribution in [1.29, 1.82) is 0 Å². The number of thioether (sulfide) groups is 1. The van der Waals surface area contributed by atoms with Gasteiger partial charge in [0.15, 0.2) is 0 Å². The van der Waals surface area contributed by atoms with Crippen molar-refractivity contribution in [3.63, 3.8) is 0 Å². The zero-order valence-electron chi connectivity index (χ0n) is 10.2. The number of rotatable bonds is 8. The van der Waals surface area contributed by atoms with Gasteiger partial charge in [-0.05, 0) is 5.25 Å². The molecule has 0 unspecified atom stereocenters. The molecule has 0 aliphatic heterocycles. The lowest BCUT2D eigenvalue weighted by molar-refractivity contribution is 0.199. The summed E-state index contributed by atoms with van der Waals surface area (Å²) in [5.41, 5.74) is 1.13. The first-order valence-corrected chi connectivity index (χ1v) is 6.61. The third-order valence-corrected chi connectivity index (χ3v) is 3.14. The summed E-state index contributed by atoms with van der Waals surface area (Å²) in [5.74, 6) is 2.01. The fraction of sp³-hybridized carbons (Fsp3) is 0.727. The maximum absolute atomic E-state index is 4.96. The third-order valence-electron chi connectivity index (χ3n) is 2.03. The second-order valence-electron chi connectivity index (χ2n) is 3.88. The molecule has 0 aliphatic carbocycles. The number of nitrogens with one attached hydrogen (secondary N) is 2. The molecule has 4 nitrogen and oxygen atoms in total. The molecule has 0 radical (unpaired) electrons. The van der Waals surface area contributed by atoms with Gasteiger partial charge in [-0.25, -0.2) is 4.98 Å². The van der Waals surface area contributed by atoms with Gasteiger partial charge in [0.25, 0.3) is 0 Å². The number of hydrogen-bond donors (Lipinski definition) is 2. The second kappa shape index (κ2) is 7.70. The molecule has 92 valence electrons. The molecule has 5 heteroatoms. The van der Waals surface area contributed by atoms with E-state index in [4.69, 9.17) is 4.74 Å². The molecular formula is C11H21N3OS. The molecule has 1 aromatic rings. The Balaban J connectivity index is 2.22. The fourth-order valence-corrected chi connectivity index (χ4v) is 1.85. The van der Waals surface area contributed by atoms with Crippen LogP contribution in [0.3, 0.4) is 0 Å². The average molecular weight is 243 g/mol. The molecule has 0 amide bonds. The van der Waals surface area contributed by atoms with E-state index in [1.54, 1.807) is 7.11 Å². The van der Waals surface area contributed by atoms with E-state index >= 15 is 0 Å². The largest absolute Gasteiger partial charge is 0.383 e. The van der Waals surface area contributed by atoms with Crippen LogP contribution in [-0.4, -0.2) is 35.5 Å². The van der Waals surface area contributed by atoms with Crippen molar-refractivity contribution in [3.8, 4) is 0 Å².